The van der Waals surface area contributed by atoms with Gasteiger partial charge in [0.15, 0.2) is 0 Å². The van der Waals surface area contributed by atoms with Crippen molar-refractivity contribution in [3.8, 4) is 17.2 Å². The van der Waals surface area contributed by atoms with E-state index in [4.69, 9.17) is 22.6 Å². The molecule has 1 aromatic carbocycles. The fraction of sp³-hybridized carbons (Fsp3) is 0.167. The molecule has 0 amide bonds. The highest BCUT2D eigenvalue weighted by atomic mass is 35.5. The van der Waals surface area contributed by atoms with E-state index in [1.807, 2.05) is 24.3 Å². The number of benzene rings is 1. The molecule has 0 fully saturated rings. The van der Waals surface area contributed by atoms with Gasteiger partial charge in [0.1, 0.15) is 6.54 Å². The molecule has 0 aliphatic heterocycles. The van der Waals surface area contributed by atoms with Gasteiger partial charge >= 0.3 is 0 Å². The number of nitrogens with zero attached hydrogens (tertiary/aromatic N) is 3. The average Bonchev–Trinajstić information content (AvgIpc) is 2.78. The monoisotopic (exact) mass is 282 g/mol. The molecule has 0 unspecified atom stereocenters. The highest BCUT2D eigenvalue weighted by Gasteiger charge is 2.06. The Balaban J connectivity index is 0.00000162. The Bertz CT molecular complexity index is 572. The van der Waals surface area contributed by atoms with E-state index in [9.17, 15) is 0 Å². The molecule has 0 radical (unpaired) electrons. The van der Waals surface area contributed by atoms with Crippen LogP contribution < -0.4 is 5.73 Å². The lowest BCUT2D eigenvalue weighted by molar-refractivity contribution is 0.710. The molecule has 0 saturated heterocycles. The number of hydrogen-bond donors (Lipinski definition) is 1. The molecule has 2 rings (SSSR count). The Morgan fingerprint density at radius 1 is 1.44 bits per heavy atom. The standard InChI is InChI=1S/C12H11ClN4.ClH/c13-12-5-9(6-15)1-2-11(12)10-7-16-17(8-10)4-3-14;/h1-2,5,7-8H,4,6,15H2;1H. The van der Waals surface area contributed by atoms with E-state index >= 15 is 0 Å². The maximum absolute atomic E-state index is 8.57. The molecule has 1 heterocycles. The Kier molecular flexibility index (Phi) is 5.17. The predicted octanol–water partition coefficient (Wildman–Crippen LogP) is 2.61. The molecule has 0 aliphatic rings. The van der Waals surface area contributed by atoms with Crippen LogP contribution in [0.1, 0.15) is 5.56 Å². The number of hydrogen-bond acceptors (Lipinski definition) is 3. The van der Waals surface area contributed by atoms with Crippen molar-refractivity contribution in [2.75, 3.05) is 0 Å². The predicted molar refractivity (Wildman–Crippen MR) is 73.4 cm³/mol. The van der Waals surface area contributed by atoms with Gasteiger partial charge in [-0.3, -0.25) is 4.68 Å². The van der Waals surface area contributed by atoms with Crippen LogP contribution in [-0.2, 0) is 13.1 Å². The molecule has 0 aliphatic carbocycles. The SMILES string of the molecule is Cl.N#CCn1cc(-c2ccc(CN)cc2Cl)cn1. The van der Waals surface area contributed by atoms with Crippen LogP contribution in [0.3, 0.4) is 0 Å². The largest absolute Gasteiger partial charge is 0.326 e. The molecule has 6 heteroatoms. The maximum atomic E-state index is 8.57. The summed E-state index contributed by atoms with van der Waals surface area (Å²) < 4.78 is 1.57. The van der Waals surface area contributed by atoms with Crippen molar-refractivity contribution in [2.24, 2.45) is 5.73 Å². The lowest BCUT2D eigenvalue weighted by atomic mass is 10.1. The smallest absolute Gasteiger partial charge is 0.128 e. The Labute approximate surface area is 116 Å². The summed E-state index contributed by atoms with van der Waals surface area (Å²) in [5.41, 5.74) is 8.32. The van der Waals surface area contributed by atoms with Gasteiger partial charge in [-0.25, -0.2) is 0 Å². The summed E-state index contributed by atoms with van der Waals surface area (Å²) in [5.74, 6) is 0. The van der Waals surface area contributed by atoms with Crippen LogP contribution in [0.5, 0.6) is 0 Å². The second-order valence-corrected chi connectivity index (χ2v) is 4.01. The normalized spacial score (nSPS) is 9.61. The summed E-state index contributed by atoms with van der Waals surface area (Å²) in [4.78, 5) is 0. The molecule has 0 bridgehead atoms. The fourth-order valence-corrected chi connectivity index (χ4v) is 1.89. The van der Waals surface area contributed by atoms with Crippen LogP contribution >= 0.6 is 24.0 Å². The third-order valence-corrected chi connectivity index (χ3v) is 2.76. The highest BCUT2D eigenvalue weighted by Crippen LogP contribution is 2.28. The number of nitrogens with two attached hydrogens (primary N) is 1. The molecule has 2 aromatic rings. The molecule has 0 atom stereocenters. The first kappa shape index (κ1) is 14.5. The lowest BCUT2D eigenvalue weighted by Gasteiger charge is -2.03. The van der Waals surface area contributed by atoms with Crippen LogP contribution in [0.25, 0.3) is 11.1 Å². The van der Waals surface area contributed by atoms with Gasteiger partial charge in [-0.15, -0.1) is 12.4 Å². The van der Waals surface area contributed by atoms with Crippen molar-refractivity contribution in [3.05, 3.63) is 41.2 Å². The summed E-state index contributed by atoms with van der Waals surface area (Å²) >= 11 is 6.17. The second kappa shape index (κ2) is 6.41. The summed E-state index contributed by atoms with van der Waals surface area (Å²) in [5, 5.41) is 13.3. The molecule has 4 nitrogen and oxygen atoms in total. The van der Waals surface area contributed by atoms with Gasteiger partial charge in [0.05, 0.1) is 12.3 Å². The summed E-state index contributed by atoms with van der Waals surface area (Å²) in [6.07, 6.45) is 3.49. The van der Waals surface area contributed by atoms with E-state index in [2.05, 4.69) is 5.10 Å². The molecule has 2 N–H and O–H groups in total. The third kappa shape index (κ3) is 3.02. The van der Waals surface area contributed by atoms with E-state index in [1.165, 1.54) is 0 Å². The van der Waals surface area contributed by atoms with E-state index in [0.29, 0.717) is 11.6 Å². The van der Waals surface area contributed by atoms with E-state index in [1.54, 1.807) is 17.1 Å². The Morgan fingerprint density at radius 2 is 2.22 bits per heavy atom. The first-order valence-electron chi connectivity index (χ1n) is 5.13. The summed E-state index contributed by atoms with van der Waals surface area (Å²) in [6.45, 7) is 0.701. The van der Waals surface area contributed by atoms with Crippen LogP contribution in [0, 0.1) is 11.3 Å². The van der Waals surface area contributed by atoms with E-state index < -0.39 is 0 Å². The first-order valence-corrected chi connectivity index (χ1v) is 5.50. The van der Waals surface area contributed by atoms with Crippen LogP contribution in [0.2, 0.25) is 5.02 Å². The first-order chi connectivity index (χ1) is 8.24. The van der Waals surface area contributed by atoms with Crippen molar-refractivity contribution < 1.29 is 0 Å². The van der Waals surface area contributed by atoms with Gasteiger partial charge in [0.25, 0.3) is 0 Å². The molecule has 1 aromatic heterocycles. The minimum absolute atomic E-state index is 0. The number of rotatable bonds is 3. The van der Waals surface area contributed by atoms with Crippen molar-refractivity contribution in [2.45, 2.75) is 13.1 Å². The quantitative estimate of drug-likeness (QED) is 0.941. The van der Waals surface area contributed by atoms with Crippen LogP contribution in [0.15, 0.2) is 30.6 Å². The Hall–Kier alpha value is -1.54. The van der Waals surface area contributed by atoms with Gasteiger partial charge in [-0.05, 0) is 11.6 Å². The molecule has 0 spiro atoms. The van der Waals surface area contributed by atoms with E-state index in [-0.39, 0.29) is 19.0 Å². The van der Waals surface area contributed by atoms with Crippen molar-refractivity contribution in [3.63, 3.8) is 0 Å². The second-order valence-electron chi connectivity index (χ2n) is 3.60. The zero-order chi connectivity index (χ0) is 12.3. The van der Waals surface area contributed by atoms with Gasteiger partial charge in [0, 0.05) is 28.9 Å². The lowest BCUT2D eigenvalue weighted by Crippen LogP contribution is -1.96. The number of halogens is 2. The van der Waals surface area contributed by atoms with Gasteiger partial charge in [-0.1, -0.05) is 23.7 Å². The molecular weight excluding hydrogens is 271 g/mol. The zero-order valence-electron chi connectivity index (χ0n) is 9.51. The Morgan fingerprint density at radius 3 is 2.83 bits per heavy atom. The minimum Gasteiger partial charge on any atom is -0.326 e. The number of aromatic nitrogens is 2. The molecule has 94 valence electrons. The van der Waals surface area contributed by atoms with Crippen LogP contribution in [-0.4, -0.2) is 9.78 Å². The van der Waals surface area contributed by atoms with Gasteiger partial charge in [-0.2, -0.15) is 10.4 Å². The maximum Gasteiger partial charge on any atom is 0.128 e. The third-order valence-electron chi connectivity index (χ3n) is 2.45. The molecular formula is C12H12Cl2N4. The van der Waals surface area contributed by atoms with Gasteiger partial charge in [0.2, 0.25) is 0 Å². The zero-order valence-corrected chi connectivity index (χ0v) is 11.1. The van der Waals surface area contributed by atoms with Crippen molar-refractivity contribution in [1.82, 2.24) is 9.78 Å². The fourth-order valence-electron chi connectivity index (χ4n) is 1.58. The van der Waals surface area contributed by atoms with Crippen molar-refractivity contribution >= 4 is 24.0 Å². The molecule has 18 heavy (non-hydrogen) atoms. The molecule has 0 saturated carbocycles. The van der Waals surface area contributed by atoms with Crippen molar-refractivity contribution in [1.29, 1.82) is 5.26 Å². The minimum atomic E-state index is 0. The summed E-state index contributed by atoms with van der Waals surface area (Å²) in [6, 6.07) is 7.73. The average molecular weight is 283 g/mol. The topological polar surface area (TPSA) is 67.6 Å². The number of nitriles is 1. The van der Waals surface area contributed by atoms with Gasteiger partial charge < -0.3 is 5.73 Å². The van der Waals surface area contributed by atoms with E-state index in [0.717, 1.165) is 16.7 Å². The summed E-state index contributed by atoms with van der Waals surface area (Å²) in [7, 11) is 0. The highest BCUT2D eigenvalue weighted by molar-refractivity contribution is 6.33. The van der Waals surface area contributed by atoms with Crippen LogP contribution in [0.4, 0.5) is 0 Å².